The van der Waals surface area contributed by atoms with Gasteiger partial charge in [-0.25, -0.2) is 13.7 Å². The lowest BCUT2D eigenvalue weighted by Gasteiger charge is -2.46. The molecule has 7 atom stereocenters. The number of aliphatic hydroxyl groups excluding tert-OH is 5. The summed E-state index contributed by atoms with van der Waals surface area (Å²) in [7, 11) is -11.3. The van der Waals surface area contributed by atoms with E-state index in [1.165, 1.54) is 0 Å². The Morgan fingerprint density at radius 3 is 1.52 bits per heavy atom. The first-order valence-electron chi connectivity index (χ1n) is 5.14. The highest BCUT2D eigenvalue weighted by atomic mass is 31.3. The van der Waals surface area contributed by atoms with Crippen molar-refractivity contribution in [1.82, 2.24) is 0 Å². The molecule has 0 amide bonds. The van der Waals surface area contributed by atoms with Crippen molar-refractivity contribution in [3.63, 3.8) is 0 Å². The van der Waals surface area contributed by atoms with Crippen LogP contribution in [0.3, 0.4) is 0 Å². The third kappa shape index (κ3) is 4.06. The minimum absolute atomic E-state index is 2.14. The van der Waals surface area contributed by atoms with E-state index in [-0.39, 0.29) is 0 Å². The zero-order valence-electron chi connectivity index (χ0n) is 9.94. The van der Waals surface area contributed by atoms with E-state index in [9.17, 15) is 39.8 Å². The Bertz CT molecular complexity index is 457. The molecule has 1 fully saturated rings. The molecule has 0 radical (unpaired) electrons. The minimum atomic E-state index is -5.73. The van der Waals surface area contributed by atoms with Gasteiger partial charge in [-0.1, -0.05) is 0 Å². The molecule has 0 aromatic heterocycles. The van der Waals surface area contributed by atoms with Gasteiger partial charge in [-0.05, 0) is 0 Å². The molecule has 0 heterocycles. The topological polar surface area (TPSA) is 235 Å². The molecule has 126 valence electrons. The van der Waals surface area contributed by atoms with E-state index >= 15 is 0 Å². The second-order valence-corrected chi connectivity index (χ2v) is 7.00. The van der Waals surface area contributed by atoms with E-state index < -0.39 is 52.0 Å². The lowest BCUT2D eigenvalue weighted by molar-refractivity contribution is -0.336. The maximum absolute atomic E-state index is 11.3. The van der Waals surface area contributed by atoms with E-state index in [2.05, 4.69) is 8.83 Å². The smallest absolute Gasteiger partial charge is 0.387 e. The second kappa shape index (κ2) is 5.91. The monoisotopic (exact) mass is 356 g/mol. The first kappa shape index (κ1) is 19.1. The molecule has 3 unspecified atom stereocenters. The van der Waals surface area contributed by atoms with Crippen molar-refractivity contribution in [2.45, 2.75) is 36.3 Å². The summed E-state index contributed by atoms with van der Waals surface area (Å²) in [5.74, 6) is -3.56. The van der Waals surface area contributed by atoms with Gasteiger partial charge >= 0.3 is 15.6 Å². The number of hydrogen-bond donors (Lipinski definition) is 9. The normalized spacial score (nSPS) is 44.3. The van der Waals surface area contributed by atoms with Crippen molar-refractivity contribution in [2.24, 2.45) is 0 Å². The number of phosphoric ester groups is 1. The molecule has 1 rings (SSSR count). The number of phosphoric acid groups is 2. The minimum Gasteiger partial charge on any atom is -0.387 e. The van der Waals surface area contributed by atoms with Crippen LogP contribution in [-0.2, 0) is 18.0 Å². The predicted octanol–water partition coefficient (Wildman–Crippen LogP) is -4.28. The Labute approximate surface area is 116 Å². The van der Waals surface area contributed by atoms with Gasteiger partial charge in [-0.3, -0.25) is 0 Å². The molecule has 1 aliphatic carbocycles. The van der Waals surface area contributed by atoms with E-state index in [0.29, 0.717) is 0 Å². The third-order valence-electron chi connectivity index (χ3n) is 2.67. The summed E-state index contributed by atoms with van der Waals surface area (Å²) in [5, 5.41) is 56.6. The van der Waals surface area contributed by atoms with Gasteiger partial charge in [0.15, 0.2) is 0 Å². The highest BCUT2D eigenvalue weighted by Crippen LogP contribution is 2.60. The van der Waals surface area contributed by atoms with Crippen molar-refractivity contribution in [2.75, 3.05) is 0 Å². The summed E-state index contributed by atoms with van der Waals surface area (Å²) in [6.07, 6.45) is -12.0. The first-order chi connectivity index (χ1) is 9.21. The Hall–Kier alpha value is 0.0200. The zero-order chi connectivity index (χ0) is 16.8. The summed E-state index contributed by atoms with van der Waals surface area (Å²) >= 11 is 0. The van der Waals surface area contributed by atoms with Crippen LogP contribution in [0.4, 0.5) is 0 Å². The summed E-state index contributed by atoms with van der Waals surface area (Å²) in [6.45, 7) is 0. The number of hydrogen-bond acceptors (Lipinski definition) is 10. The number of rotatable bonds is 4. The van der Waals surface area contributed by atoms with Gasteiger partial charge < -0.3 is 45.3 Å². The molecule has 1 aliphatic rings. The molecular formula is C6H14O13P2. The molecule has 15 heteroatoms. The molecule has 9 N–H and O–H groups in total. The summed E-state index contributed by atoms with van der Waals surface area (Å²) in [6, 6.07) is 0. The van der Waals surface area contributed by atoms with Crippen molar-refractivity contribution in [3.05, 3.63) is 0 Å². The van der Waals surface area contributed by atoms with E-state index in [4.69, 9.17) is 14.7 Å². The van der Waals surface area contributed by atoms with Crippen LogP contribution in [0.2, 0.25) is 0 Å². The van der Waals surface area contributed by atoms with Gasteiger partial charge in [0.25, 0.3) is 0 Å². The molecule has 0 spiro atoms. The lowest BCUT2D eigenvalue weighted by atomic mass is 9.82. The molecule has 0 aromatic rings. The van der Waals surface area contributed by atoms with Gasteiger partial charge in [0.2, 0.25) is 5.79 Å². The van der Waals surface area contributed by atoms with Crippen LogP contribution in [0.5, 0.6) is 0 Å². The fourth-order valence-electron chi connectivity index (χ4n) is 1.68. The predicted molar refractivity (Wildman–Crippen MR) is 59.0 cm³/mol. The molecule has 0 aliphatic heterocycles. The Balaban J connectivity index is 3.08. The Morgan fingerprint density at radius 1 is 0.810 bits per heavy atom. The Kier molecular flexibility index (Phi) is 5.36. The third-order valence-corrected chi connectivity index (χ3v) is 4.87. The standard InChI is InChI=1S/C6H14O13P2/c7-1-2(8)4(10)6(12,5(11)3(1)9)18-21(16,17)19-20(13,14)15/h1-5,7-12H,(H,16,17)(H2,13,14,15)/t1?,2-,3+,4-,5-,6?/m1/s1. The molecule has 0 aromatic carbocycles. The van der Waals surface area contributed by atoms with Gasteiger partial charge in [0, 0.05) is 0 Å². The van der Waals surface area contributed by atoms with Crippen LogP contribution < -0.4 is 0 Å². The van der Waals surface area contributed by atoms with E-state index in [0.717, 1.165) is 0 Å². The SMILES string of the molecule is O=P(O)(O)OP(=O)(O)OC1(O)[C@H](O)[C@H](O)C(O)[C@H](O)[C@H]1O. The Morgan fingerprint density at radius 2 is 1.19 bits per heavy atom. The van der Waals surface area contributed by atoms with Gasteiger partial charge in [-0.2, -0.15) is 4.31 Å². The van der Waals surface area contributed by atoms with Crippen LogP contribution in [0.1, 0.15) is 0 Å². The number of aliphatic hydroxyl groups is 6. The largest absolute Gasteiger partial charge is 0.483 e. The van der Waals surface area contributed by atoms with Crippen molar-refractivity contribution < 1.29 is 63.3 Å². The van der Waals surface area contributed by atoms with Crippen LogP contribution in [-0.4, -0.2) is 81.6 Å². The molecule has 13 nitrogen and oxygen atoms in total. The van der Waals surface area contributed by atoms with E-state index in [1.54, 1.807) is 0 Å². The quantitative estimate of drug-likeness (QED) is 0.171. The van der Waals surface area contributed by atoms with Crippen molar-refractivity contribution in [1.29, 1.82) is 0 Å². The first-order valence-corrected chi connectivity index (χ1v) is 8.17. The van der Waals surface area contributed by atoms with Gasteiger partial charge in [0.1, 0.15) is 30.5 Å². The average Bonchev–Trinajstić information content (AvgIpc) is 2.28. The van der Waals surface area contributed by atoms with E-state index in [1.807, 2.05) is 0 Å². The summed E-state index contributed by atoms with van der Waals surface area (Å²) in [4.78, 5) is 25.8. The van der Waals surface area contributed by atoms with Crippen LogP contribution in [0, 0.1) is 0 Å². The van der Waals surface area contributed by atoms with Crippen LogP contribution in [0.25, 0.3) is 0 Å². The van der Waals surface area contributed by atoms with Crippen molar-refractivity contribution in [3.8, 4) is 0 Å². The van der Waals surface area contributed by atoms with Gasteiger partial charge in [0.05, 0.1) is 0 Å². The second-order valence-electron chi connectivity index (χ2n) is 4.25. The fraction of sp³-hybridized carbons (Fsp3) is 1.00. The van der Waals surface area contributed by atoms with Gasteiger partial charge in [-0.15, -0.1) is 0 Å². The average molecular weight is 356 g/mol. The molecule has 0 saturated heterocycles. The molecule has 0 bridgehead atoms. The van der Waals surface area contributed by atoms with Crippen LogP contribution in [0.15, 0.2) is 0 Å². The maximum Gasteiger partial charge on any atom is 0.483 e. The summed E-state index contributed by atoms with van der Waals surface area (Å²) in [5.41, 5.74) is 0. The fourth-order valence-corrected chi connectivity index (χ4v) is 3.48. The molecule has 1 saturated carbocycles. The highest BCUT2D eigenvalue weighted by molar-refractivity contribution is 7.60. The molecular weight excluding hydrogens is 342 g/mol. The van der Waals surface area contributed by atoms with Crippen LogP contribution >= 0.6 is 15.6 Å². The zero-order valence-corrected chi connectivity index (χ0v) is 11.7. The summed E-state index contributed by atoms with van der Waals surface area (Å²) < 4.78 is 29.0. The highest BCUT2D eigenvalue weighted by Gasteiger charge is 2.61. The van der Waals surface area contributed by atoms with Crippen molar-refractivity contribution >= 4 is 15.6 Å². The lowest BCUT2D eigenvalue weighted by Crippen LogP contribution is -2.71. The molecule has 21 heavy (non-hydrogen) atoms. The maximum atomic E-state index is 11.3.